The maximum atomic E-state index is 12.1. The molecule has 0 spiro atoms. The van der Waals surface area contributed by atoms with Gasteiger partial charge in [-0.1, -0.05) is 0 Å². The molecule has 2 rings (SSSR count). The smallest absolute Gasteiger partial charge is 0.293 e. The Morgan fingerprint density at radius 3 is 2.60 bits per heavy atom. The van der Waals surface area contributed by atoms with Crippen LogP contribution in [0.25, 0.3) is 0 Å². The molecule has 0 unspecified atom stereocenters. The minimum atomic E-state index is -0.410. The summed E-state index contributed by atoms with van der Waals surface area (Å²) in [7, 11) is 4.00. The number of nitro benzene ring substituents is 1. The number of nitrogens with zero attached hydrogens (tertiary/aromatic N) is 3. The van der Waals surface area contributed by atoms with Crippen LogP contribution in [0.5, 0.6) is 0 Å². The fourth-order valence-electron chi connectivity index (χ4n) is 3.21. The molecule has 7 nitrogen and oxygen atoms in total. The quantitative estimate of drug-likeness (QED) is 0.631. The molecule has 0 aliphatic carbocycles. The fraction of sp³-hybridized carbons (Fsp3) is 0.611. The van der Waals surface area contributed by atoms with E-state index in [-0.39, 0.29) is 17.6 Å². The SMILES string of the molecule is CC(C)NC(=O)c1ccc(N(C)CC2CCN(C)CC2)c([N+](=O)[O-])c1. The summed E-state index contributed by atoms with van der Waals surface area (Å²) in [5, 5.41) is 14.3. The first-order valence-electron chi connectivity index (χ1n) is 8.77. The van der Waals surface area contributed by atoms with Crippen molar-refractivity contribution >= 4 is 17.3 Å². The van der Waals surface area contributed by atoms with Gasteiger partial charge in [0.15, 0.2) is 0 Å². The van der Waals surface area contributed by atoms with Gasteiger partial charge in [-0.2, -0.15) is 0 Å². The van der Waals surface area contributed by atoms with Gasteiger partial charge in [-0.05, 0) is 64.9 Å². The van der Waals surface area contributed by atoms with Crippen molar-refractivity contribution in [3.05, 3.63) is 33.9 Å². The Labute approximate surface area is 149 Å². The zero-order valence-electron chi connectivity index (χ0n) is 15.5. The Balaban J connectivity index is 2.16. The van der Waals surface area contributed by atoms with Crippen molar-refractivity contribution < 1.29 is 9.72 Å². The van der Waals surface area contributed by atoms with E-state index in [2.05, 4.69) is 17.3 Å². The van der Waals surface area contributed by atoms with Gasteiger partial charge in [0.2, 0.25) is 0 Å². The lowest BCUT2D eigenvalue weighted by atomic mass is 9.96. The van der Waals surface area contributed by atoms with E-state index in [0.29, 0.717) is 17.2 Å². The van der Waals surface area contributed by atoms with Gasteiger partial charge in [0.05, 0.1) is 4.92 Å². The average Bonchev–Trinajstić information content (AvgIpc) is 2.55. The maximum Gasteiger partial charge on any atom is 0.293 e. The molecule has 0 saturated carbocycles. The fourth-order valence-corrected chi connectivity index (χ4v) is 3.21. The van der Waals surface area contributed by atoms with Crippen LogP contribution < -0.4 is 10.2 Å². The third-order valence-corrected chi connectivity index (χ3v) is 4.64. The molecule has 25 heavy (non-hydrogen) atoms. The van der Waals surface area contributed by atoms with Crippen molar-refractivity contribution in [3.63, 3.8) is 0 Å². The van der Waals surface area contributed by atoms with E-state index in [1.165, 1.54) is 6.07 Å². The van der Waals surface area contributed by atoms with Gasteiger partial charge >= 0.3 is 0 Å². The largest absolute Gasteiger partial charge is 0.369 e. The van der Waals surface area contributed by atoms with Crippen LogP contribution in [0.1, 0.15) is 37.0 Å². The number of benzene rings is 1. The Morgan fingerprint density at radius 2 is 2.04 bits per heavy atom. The number of anilines is 1. The Bertz CT molecular complexity index is 625. The second-order valence-electron chi connectivity index (χ2n) is 7.22. The highest BCUT2D eigenvalue weighted by Crippen LogP contribution is 2.30. The molecule has 1 fully saturated rings. The zero-order valence-corrected chi connectivity index (χ0v) is 15.5. The standard InChI is InChI=1S/C18H28N4O3/c1-13(2)19-18(23)15-5-6-16(17(11-15)22(24)25)21(4)12-14-7-9-20(3)10-8-14/h5-6,11,13-14H,7-10,12H2,1-4H3,(H,19,23). The molecule has 1 aromatic carbocycles. The molecular formula is C18H28N4O3. The summed E-state index contributed by atoms with van der Waals surface area (Å²) in [6, 6.07) is 4.70. The molecule has 0 atom stereocenters. The second kappa shape index (κ2) is 8.29. The number of carbonyl (C=O) groups excluding carboxylic acids is 1. The van der Waals surface area contributed by atoms with Gasteiger partial charge in [0.25, 0.3) is 11.6 Å². The number of hydrogen-bond donors (Lipinski definition) is 1. The summed E-state index contributed by atoms with van der Waals surface area (Å²) in [4.78, 5) is 27.4. The van der Waals surface area contributed by atoms with E-state index < -0.39 is 4.92 Å². The maximum absolute atomic E-state index is 12.1. The van der Waals surface area contributed by atoms with Gasteiger partial charge < -0.3 is 15.1 Å². The lowest BCUT2D eigenvalue weighted by molar-refractivity contribution is -0.384. The van der Waals surface area contributed by atoms with E-state index in [4.69, 9.17) is 0 Å². The first-order chi connectivity index (χ1) is 11.8. The molecule has 1 saturated heterocycles. The molecule has 1 aromatic rings. The number of rotatable bonds is 6. The number of amides is 1. The van der Waals surface area contributed by atoms with Crippen molar-refractivity contribution in [3.8, 4) is 0 Å². The summed E-state index contributed by atoms with van der Waals surface area (Å²) in [6.07, 6.45) is 2.20. The van der Waals surface area contributed by atoms with E-state index in [1.807, 2.05) is 25.8 Å². The number of nitro groups is 1. The highest BCUT2D eigenvalue weighted by atomic mass is 16.6. The first kappa shape index (κ1) is 19.2. The van der Waals surface area contributed by atoms with Crippen LogP contribution >= 0.6 is 0 Å². The summed E-state index contributed by atoms with van der Waals surface area (Å²) in [5.74, 6) is 0.243. The van der Waals surface area contributed by atoms with Gasteiger partial charge in [-0.3, -0.25) is 14.9 Å². The predicted octanol–water partition coefficient (Wildman–Crippen LogP) is 2.51. The summed E-state index contributed by atoms with van der Waals surface area (Å²) >= 11 is 0. The highest BCUT2D eigenvalue weighted by Gasteiger charge is 2.24. The lowest BCUT2D eigenvalue weighted by Gasteiger charge is -2.32. The van der Waals surface area contributed by atoms with Crippen molar-refractivity contribution in [1.82, 2.24) is 10.2 Å². The van der Waals surface area contributed by atoms with Crippen molar-refractivity contribution in [1.29, 1.82) is 0 Å². The number of nitrogens with one attached hydrogen (secondary N) is 1. The molecule has 1 heterocycles. The van der Waals surface area contributed by atoms with Crippen LogP contribution in [-0.4, -0.2) is 55.5 Å². The Hall–Kier alpha value is -2.15. The van der Waals surface area contributed by atoms with Crippen LogP contribution in [-0.2, 0) is 0 Å². The normalized spacial score (nSPS) is 16.0. The molecule has 0 aromatic heterocycles. The van der Waals surface area contributed by atoms with Crippen molar-refractivity contribution in [2.45, 2.75) is 32.7 Å². The predicted molar refractivity (Wildman–Crippen MR) is 99.2 cm³/mol. The topological polar surface area (TPSA) is 78.7 Å². The highest BCUT2D eigenvalue weighted by molar-refractivity contribution is 5.95. The van der Waals surface area contributed by atoms with Crippen LogP contribution in [0.4, 0.5) is 11.4 Å². The van der Waals surface area contributed by atoms with Crippen LogP contribution in [0, 0.1) is 16.0 Å². The van der Waals surface area contributed by atoms with E-state index >= 15 is 0 Å². The van der Waals surface area contributed by atoms with Crippen LogP contribution in [0.15, 0.2) is 18.2 Å². The molecule has 0 radical (unpaired) electrons. The molecular weight excluding hydrogens is 320 g/mol. The van der Waals surface area contributed by atoms with Crippen LogP contribution in [0.2, 0.25) is 0 Å². The number of likely N-dealkylation sites (tertiary alicyclic amines) is 1. The molecule has 7 heteroatoms. The van der Waals surface area contributed by atoms with E-state index in [1.54, 1.807) is 12.1 Å². The molecule has 0 bridgehead atoms. The Morgan fingerprint density at radius 1 is 1.40 bits per heavy atom. The lowest BCUT2D eigenvalue weighted by Crippen LogP contribution is -2.36. The van der Waals surface area contributed by atoms with E-state index in [9.17, 15) is 14.9 Å². The molecule has 1 aliphatic heterocycles. The number of piperidine rings is 1. The average molecular weight is 348 g/mol. The molecule has 1 aliphatic rings. The van der Waals surface area contributed by atoms with Gasteiger partial charge in [-0.15, -0.1) is 0 Å². The minimum Gasteiger partial charge on any atom is -0.369 e. The third-order valence-electron chi connectivity index (χ3n) is 4.64. The van der Waals surface area contributed by atoms with Gasteiger partial charge in [-0.25, -0.2) is 0 Å². The number of carbonyl (C=O) groups is 1. The van der Waals surface area contributed by atoms with Crippen LogP contribution in [0.3, 0.4) is 0 Å². The van der Waals surface area contributed by atoms with Crippen molar-refractivity contribution in [2.75, 3.05) is 38.6 Å². The molecule has 1 N–H and O–H groups in total. The molecule has 1 amide bonds. The van der Waals surface area contributed by atoms with Gasteiger partial charge in [0, 0.05) is 31.3 Å². The summed E-state index contributed by atoms with van der Waals surface area (Å²) < 4.78 is 0. The zero-order chi connectivity index (χ0) is 18.6. The molecule has 138 valence electrons. The monoisotopic (exact) mass is 348 g/mol. The third kappa shape index (κ3) is 5.16. The van der Waals surface area contributed by atoms with Gasteiger partial charge in [0.1, 0.15) is 5.69 Å². The first-order valence-corrected chi connectivity index (χ1v) is 8.77. The van der Waals surface area contributed by atoms with E-state index in [0.717, 1.165) is 32.5 Å². The minimum absolute atomic E-state index is 0.0154. The Kier molecular flexibility index (Phi) is 6.36. The summed E-state index contributed by atoms with van der Waals surface area (Å²) in [6.45, 7) is 6.63. The number of hydrogen-bond acceptors (Lipinski definition) is 5. The summed E-state index contributed by atoms with van der Waals surface area (Å²) in [5.41, 5.74) is 0.855. The van der Waals surface area contributed by atoms with Crippen molar-refractivity contribution in [2.24, 2.45) is 5.92 Å². The second-order valence-corrected chi connectivity index (χ2v) is 7.22.